The summed E-state index contributed by atoms with van der Waals surface area (Å²) in [5.41, 5.74) is 1.02. The van der Waals surface area contributed by atoms with Crippen LogP contribution >= 0.6 is 12.2 Å². The molecule has 4 nitrogen and oxygen atoms in total. The normalized spacial score (nSPS) is 10.8. The van der Waals surface area contributed by atoms with Gasteiger partial charge in [0.2, 0.25) is 0 Å². The van der Waals surface area contributed by atoms with Gasteiger partial charge in [-0.3, -0.25) is 9.67 Å². The number of H-pyrrole nitrogens is 1. The van der Waals surface area contributed by atoms with Crippen LogP contribution in [0.3, 0.4) is 0 Å². The first kappa shape index (κ1) is 11.9. The zero-order valence-corrected chi connectivity index (χ0v) is 10.9. The minimum Gasteiger partial charge on any atom is -0.497 e. The van der Waals surface area contributed by atoms with Crippen LogP contribution in [0.25, 0.3) is 11.4 Å². The highest BCUT2D eigenvalue weighted by atomic mass is 32.1. The van der Waals surface area contributed by atoms with Gasteiger partial charge in [0.15, 0.2) is 10.6 Å². The average Bonchev–Trinajstić information content (AvgIpc) is 2.71. The standard InChI is InChI=1S/C12H15N3OS/c1-8(2)15-11(13-14-12(15)17)9-4-6-10(16-3)7-5-9/h4-8H,1-3H3,(H,14,17). The van der Waals surface area contributed by atoms with Crippen LogP contribution in [0.5, 0.6) is 5.75 Å². The van der Waals surface area contributed by atoms with Crippen LogP contribution in [0.1, 0.15) is 19.9 Å². The number of benzene rings is 1. The molecule has 0 aliphatic rings. The molecule has 0 radical (unpaired) electrons. The van der Waals surface area contributed by atoms with E-state index in [9.17, 15) is 0 Å². The number of aromatic amines is 1. The summed E-state index contributed by atoms with van der Waals surface area (Å²) in [6, 6.07) is 8.05. The molecule has 1 aromatic carbocycles. The predicted octanol–water partition coefficient (Wildman–Crippen LogP) is 3.20. The molecule has 1 heterocycles. The van der Waals surface area contributed by atoms with Crippen molar-refractivity contribution in [1.82, 2.24) is 14.8 Å². The van der Waals surface area contributed by atoms with Gasteiger partial charge in [0, 0.05) is 11.6 Å². The minimum atomic E-state index is 0.276. The lowest BCUT2D eigenvalue weighted by atomic mass is 10.2. The summed E-state index contributed by atoms with van der Waals surface area (Å²) in [5, 5.41) is 7.10. The summed E-state index contributed by atoms with van der Waals surface area (Å²) in [7, 11) is 1.65. The third kappa shape index (κ3) is 2.24. The summed E-state index contributed by atoms with van der Waals surface area (Å²) in [5.74, 6) is 1.69. The summed E-state index contributed by atoms with van der Waals surface area (Å²) in [6.07, 6.45) is 0. The zero-order chi connectivity index (χ0) is 12.4. The Balaban J connectivity index is 2.49. The molecule has 0 amide bonds. The first-order chi connectivity index (χ1) is 8.13. The van der Waals surface area contributed by atoms with Crippen molar-refractivity contribution in [2.45, 2.75) is 19.9 Å². The number of nitrogens with zero attached hydrogens (tertiary/aromatic N) is 2. The summed E-state index contributed by atoms with van der Waals surface area (Å²) >= 11 is 5.22. The Morgan fingerprint density at radius 2 is 1.94 bits per heavy atom. The quantitative estimate of drug-likeness (QED) is 0.849. The number of rotatable bonds is 3. The van der Waals surface area contributed by atoms with E-state index in [2.05, 4.69) is 24.0 Å². The molecule has 17 heavy (non-hydrogen) atoms. The molecular formula is C12H15N3OS. The Kier molecular flexibility index (Phi) is 3.28. The molecule has 2 aromatic rings. The summed E-state index contributed by atoms with van der Waals surface area (Å²) in [6.45, 7) is 4.16. The van der Waals surface area contributed by atoms with E-state index in [0.717, 1.165) is 17.1 Å². The third-order valence-electron chi connectivity index (χ3n) is 2.57. The third-order valence-corrected chi connectivity index (χ3v) is 2.86. The van der Waals surface area contributed by atoms with Gasteiger partial charge >= 0.3 is 0 Å². The lowest BCUT2D eigenvalue weighted by Gasteiger charge is -2.10. The Hall–Kier alpha value is -1.62. The van der Waals surface area contributed by atoms with Crippen LogP contribution in [0.2, 0.25) is 0 Å². The van der Waals surface area contributed by atoms with Crippen LogP contribution in [0, 0.1) is 4.77 Å². The largest absolute Gasteiger partial charge is 0.497 e. The smallest absolute Gasteiger partial charge is 0.195 e. The van der Waals surface area contributed by atoms with E-state index < -0.39 is 0 Å². The van der Waals surface area contributed by atoms with Gasteiger partial charge in [-0.2, -0.15) is 5.10 Å². The van der Waals surface area contributed by atoms with Crippen LogP contribution < -0.4 is 4.74 Å². The highest BCUT2D eigenvalue weighted by molar-refractivity contribution is 7.71. The van der Waals surface area contributed by atoms with Gasteiger partial charge in [-0.1, -0.05) is 0 Å². The molecule has 0 spiro atoms. The first-order valence-electron chi connectivity index (χ1n) is 5.45. The maximum absolute atomic E-state index is 5.22. The Morgan fingerprint density at radius 3 is 2.47 bits per heavy atom. The molecular weight excluding hydrogens is 234 g/mol. The molecule has 5 heteroatoms. The molecule has 0 unspecified atom stereocenters. The Bertz CT molecular complexity index is 554. The SMILES string of the molecule is COc1ccc(-c2n[nH]c(=S)n2C(C)C)cc1. The summed E-state index contributed by atoms with van der Waals surface area (Å²) < 4.78 is 7.77. The second-order valence-corrected chi connectivity index (χ2v) is 4.43. The molecule has 2 rings (SSSR count). The van der Waals surface area contributed by atoms with Crippen molar-refractivity contribution in [3.05, 3.63) is 29.0 Å². The monoisotopic (exact) mass is 249 g/mol. The summed E-state index contributed by atoms with van der Waals surface area (Å²) in [4.78, 5) is 0. The number of ether oxygens (including phenoxy) is 1. The lowest BCUT2D eigenvalue weighted by molar-refractivity contribution is 0.415. The fourth-order valence-corrected chi connectivity index (χ4v) is 2.07. The lowest BCUT2D eigenvalue weighted by Crippen LogP contribution is -2.03. The zero-order valence-electron chi connectivity index (χ0n) is 10.1. The van der Waals surface area contributed by atoms with Gasteiger partial charge in [-0.05, 0) is 50.3 Å². The van der Waals surface area contributed by atoms with Crippen molar-refractivity contribution in [2.75, 3.05) is 7.11 Å². The average molecular weight is 249 g/mol. The van der Waals surface area contributed by atoms with E-state index in [0.29, 0.717) is 4.77 Å². The molecule has 0 aliphatic carbocycles. The van der Waals surface area contributed by atoms with E-state index >= 15 is 0 Å². The van der Waals surface area contributed by atoms with Gasteiger partial charge < -0.3 is 4.74 Å². The van der Waals surface area contributed by atoms with Crippen molar-refractivity contribution >= 4 is 12.2 Å². The molecule has 0 saturated heterocycles. The Labute approximate surface area is 105 Å². The van der Waals surface area contributed by atoms with Crippen LogP contribution in [-0.4, -0.2) is 21.9 Å². The van der Waals surface area contributed by atoms with Gasteiger partial charge in [-0.25, -0.2) is 0 Å². The first-order valence-corrected chi connectivity index (χ1v) is 5.85. The highest BCUT2D eigenvalue weighted by Crippen LogP contribution is 2.23. The molecule has 90 valence electrons. The van der Waals surface area contributed by atoms with Gasteiger partial charge in [0.1, 0.15) is 5.75 Å². The van der Waals surface area contributed by atoms with Crippen molar-refractivity contribution in [2.24, 2.45) is 0 Å². The fourth-order valence-electron chi connectivity index (χ4n) is 1.73. The van der Waals surface area contributed by atoms with E-state index in [1.54, 1.807) is 7.11 Å². The topological polar surface area (TPSA) is 42.8 Å². The molecule has 1 aromatic heterocycles. The van der Waals surface area contributed by atoms with E-state index in [1.807, 2.05) is 28.8 Å². The number of hydrogen-bond acceptors (Lipinski definition) is 3. The molecule has 0 fully saturated rings. The fraction of sp³-hybridized carbons (Fsp3) is 0.333. The number of methoxy groups -OCH3 is 1. The molecule has 0 saturated carbocycles. The van der Waals surface area contributed by atoms with Crippen molar-refractivity contribution in [1.29, 1.82) is 0 Å². The van der Waals surface area contributed by atoms with E-state index in [-0.39, 0.29) is 6.04 Å². The number of hydrogen-bond donors (Lipinski definition) is 1. The second kappa shape index (κ2) is 4.71. The van der Waals surface area contributed by atoms with E-state index in [4.69, 9.17) is 17.0 Å². The minimum absolute atomic E-state index is 0.276. The molecule has 0 bridgehead atoms. The highest BCUT2D eigenvalue weighted by Gasteiger charge is 2.11. The maximum Gasteiger partial charge on any atom is 0.195 e. The second-order valence-electron chi connectivity index (χ2n) is 4.04. The maximum atomic E-state index is 5.22. The number of nitrogens with one attached hydrogen (secondary N) is 1. The van der Waals surface area contributed by atoms with Crippen molar-refractivity contribution in [3.63, 3.8) is 0 Å². The van der Waals surface area contributed by atoms with Crippen LogP contribution in [-0.2, 0) is 0 Å². The molecule has 1 N–H and O–H groups in total. The predicted molar refractivity (Wildman–Crippen MR) is 69.8 cm³/mol. The van der Waals surface area contributed by atoms with Gasteiger partial charge in [-0.15, -0.1) is 0 Å². The van der Waals surface area contributed by atoms with Crippen LogP contribution in [0.4, 0.5) is 0 Å². The van der Waals surface area contributed by atoms with Gasteiger partial charge in [0.05, 0.1) is 7.11 Å². The van der Waals surface area contributed by atoms with Crippen molar-refractivity contribution in [3.8, 4) is 17.1 Å². The Morgan fingerprint density at radius 1 is 1.29 bits per heavy atom. The molecule has 0 aliphatic heterocycles. The van der Waals surface area contributed by atoms with Gasteiger partial charge in [0.25, 0.3) is 0 Å². The molecule has 0 atom stereocenters. The van der Waals surface area contributed by atoms with Crippen LogP contribution in [0.15, 0.2) is 24.3 Å². The van der Waals surface area contributed by atoms with Crippen molar-refractivity contribution < 1.29 is 4.74 Å². The number of aromatic nitrogens is 3. The van der Waals surface area contributed by atoms with E-state index in [1.165, 1.54) is 0 Å².